The van der Waals surface area contributed by atoms with Gasteiger partial charge in [-0.3, -0.25) is 19.8 Å². The maximum atomic E-state index is 13.2. The first-order valence-electron chi connectivity index (χ1n) is 13.1. The van der Waals surface area contributed by atoms with Crippen LogP contribution in [-0.2, 0) is 14.3 Å². The zero-order chi connectivity index (χ0) is 30.4. The normalized spacial score (nSPS) is 17.1. The van der Waals surface area contributed by atoms with Gasteiger partial charge in [-0.1, -0.05) is 18.2 Å². The van der Waals surface area contributed by atoms with E-state index in [9.17, 15) is 23.2 Å². The van der Waals surface area contributed by atoms with E-state index in [1.807, 2.05) is 30.3 Å². The number of carbonyl (C=O) groups excluding carboxylic acids is 3. The molecule has 3 amide bonds. The predicted molar refractivity (Wildman–Crippen MR) is 153 cm³/mol. The molecule has 222 valence electrons. The molecule has 1 saturated heterocycles. The lowest BCUT2D eigenvalue weighted by Crippen LogP contribution is -2.49. The van der Waals surface area contributed by atoms with E-state index < -0.39 is 49.1 Å². The number of benzene rings is 2. The number of halogens is 2. The molecule has 1 aromatic heterocycles. The van der Waals surface area contributed by atoms with E-state index in [1.54, 1.807) is 43.5 Å². The molecule has 42 heavy (non-hydrogen) atoms. The van der Waals surface area contributed by atoms with Gasteiger partial charge in [0, 0.05) is 34.3 Å². The Bertz CT molecular complexity index is 1450. The minimum Gasteiger partial charge on any atom is -0.457 e. The number of hydrogen-bond donors (Lipinski definition) is 4. The topological polar surface area (TPSA) is 147 Å². The van der Waals surface area contributed by atoms with Gasteiger partial charge in [0.05, 0.1) is 18.7 Å². The molecule has 2 heterocycles. The van der Waals surface area contributed by atoms with Gasteiger partial charge in [0.25, 0.3) is 5.91 Å². The number of nitrogens with zero attached hydrogens (tertiary/aromatic N) is 1. The molecule has 5 N–H and O–H groups in total. The molecule has 0 unspecified atom stereocenters. The molecule has 0 aliphatic carbocycles. The van der Waals surface area contributed by atoms with Gasteiger partial charge in [0.1, 0.15) is 23.4 Å². The summed E-state index contributed by atoms with van der Waals surface area (Å²) in [4.78, 5) is 41.0. The fraction of sp³-hybridized carbons (Fsp3) is 0.310. The lowest BCUT2D eigenvalue weighted by atomic mass is 10.1. The summed E-state index contributed by atoms with van der Waals surface area (Å²) >= 11 is 1.30. The molecule has 0 radical (unpaired) electrons. The van der Waals surface area contributed by atoms with E-state index in [0.717, 1.165) is 9.78 Å². The molecule has 13 heteroatoms. The number of amides is 3. The Kier molecular flexibility index (Phi) is 9.86. The molecule has 1 fully saturated rings. The zero-order valence-electron chi connectivity index (χ0n) is 22.9. The standard InChI is InChI=1S/C29H31F2N5O5S/c1-16-10-18(8-9-23(16)40-20-6-4-3-5-7-20)27(38)34-13-25(37)36-14-21(41-29(30)31)12-22(36)28(39)35-17(2)24-11-19(15-42-24)26(32)33/h3-11,15,17,21-22,29H,12-14H2,1-2H3,(H3,32,33)(H,34,38)(H,35,39)/t17-,21-,22+/m1/s1. The first-order valence-corrected chi connectivity index (χ1v) is 14.0. The van der Waals surface area contributed by atoms with Gasteiger partial charge >= 0.3 is 6.61 Å². The van der Waals surface area contributed by atoms with Crippen molar-refractivity contribution in [3.63, 3.8) is 0 Å². The highest BCUT2D eigenvalue weighted by atomic mass is 32.1. The number of thiophene rings is 1. The molecule has 1 aliphatic heterocycles. The maximum Gasteiger partial charge on any atom is 0.345 e. The Morgan fingerprint density at radius 1 is 1.14 bits per heavy atom. The van der Waals surface area contributed by atoms with Gasteiger partial charge in [0.15, 0.2) is 0 Å². The zero-order valence-corrected chi connectivity index (χ0v) is 23.8. The van der Waals surface area contributed by atoms with Crippen LogP contribution >= 0.6 is 11.3 Å². The second kappa shape index (κ2) is 13.5. The quantitative estimate of drug-likeness (QED) is 0.194. The Balaban J connectivity index is 1.39. The third-order valence-electron chi connectivity index (χ3n) is 6.71. The van der Waals surface area contributed by atoms with Crippen molar-refractivity contribution in [2.24, 2.45) is 5.73 Å². The van der Waals surface area contributed by atoms with Gasteiger partial charge in [-0.05, 0) is 55.8 Å². The number of rotatable bonds is 11. The Morgan fingerprint density at radius 2 is 1.88 bits per heavy atom. The van der Waals surface area contributed by atoms with Crippen molar-refractivity contribution in [2.75, 3.05) is 13.1 Å². The fourth-order valence-electron chi connectivity index (χ4n) is 4.55. The van der Waals surface area contributed by atoms with Crippen LogP contribution < -0.4 is 21.1 Å². The largest absolute Gasteiger partial charge is 0.457 e. The number of carbonyl (C=O) groups is 3. The highest BCUT2D eigenvalue weighted by molar-refractivity contribution is 7.10. The van der Waals surface area contributed by atoms with E-state index >= 15 is 0 Å². The molecule has 10 nitrogen and oxygen atoms in total. The number of amidine groups is 1. The van der Waals surface area contributed by atoms with E-state index in [4.69, 9.17) is 15.9 Å². The van der Waals surface area contributed by atoms with Gasteiger partial charge in [-0.2, -0.15) is 8.78 Å². The smallest absolute Gasteiger partial charge is 0.345 e. The Labute approximate surface area is 245 Å². The molecule has 4 rings (SSSR count). The molecule has 0 spiro atoms. The number of nitrogen functional groups attached to an aromatic ring is 1. The third kappa shape index (κ3) is 7.68. The Hall–Kier alpha value is -4.36. The third-order valence-corrected chi connectivity index (χ3v) is 7.82. The second-order valence-electron chi connectivity index (χ2n) is 9.78. The fourth-order valence-corrected chi connectivity index (χ4v) is 5.46. The summed E-state index contributed by atoms with van der Waals surface area (Å²) in [5, 5.41) is 14.6. The molecule has 0 bridgehead atoms. The average Bonchev–Trinajstić information content (AvgIpc) is 3.61. The molecule has 3 aromatic rings. The van der Waals surface area contributed by atoms with Crippen molar-refractivity contribution >= 4 is 34.9 Å². The van der Waals surface area contributed by atoms with Gasteiger partial charge in [-0.15, -0.1) is 11.3 Å². The van der Waals surface area contributed by atoms with Crippen LogP contribution in [0.25, 0.3) is 0 Å². The van der Waals surface area contributed by atoms with E-state index in [-0.39, 0.29) is 18.8 Å². The first kappa shape index (κ1) is 30.6. The lowest BCUT2D eigenvalue weighted by molar-refractivity contribution is -0.160. The summed E-state index contributed by atoms with van der Waals surface area (Å²) in [6, 6.07) is 14.1. The van der Waals surface area contributed by atoms with Crippen molar-refractivity contribution < 1.29 is 32.6 Å². The van der Waals surface area contributed by atoms with Crippen LogP contribution in [0.1, 0.15) is 45.7 Å². The highest BCUT2D eigenvalue weighted by Crippen LogP contribution is 2.27. The SMILES string of the molecule is Cc1cc(C(=O)NCC(=O)N2C[C@H](OC(F)F)C[C@H]2C(=O)N[C@H](C)c2cc(C(=N)N)cs2)ccc1Oc1ccccc1. The number of aryl methyl sites for hydroxylation is 1. The van der Waals surface area contributed by atoms with Crippen LogP contribution in [0.2, 0.25) is 0 Å². The summed E-state index contributed by atoms with van der Waals surface area (Å²) in [7, 11) is 0. The number of para-hydroxylation sites is 1. The first-order chi connectivity index (χ1) is 20.0. The predicted octanol–water partition coefficient (Wildman–Crippen LogP) is 3.95. The molecule has 2 aromatic carbocycles. The summed E-state index contributed by atoms with van der Waals surface area (Å²) < 4.78 is 36.3. The number of hydrogen-bond acceptors (Lipinski definition) is 7. The summed E-state index contributed by atoms with van der Waals surface area (Å²) in [5.41, 5.74) is 7.03. The van der Waals surface area contributed by atoms with Crippen LogP contribution in [0, 0.1) is 12.3 Å². The van der Waals surface area contributed by atoms with Crippen molar-refractivity contribution in [1.82, 2.24) is 15.5 Å². The van der Waals surface area contributed by atoms with Crippen LogP contribution in [0.15, 0.2) is 60.0 Å². The number of likely N-dealkylation sites (tertiary alicyclic amines) is 1. The second-order valence-corrected chi connectivity index (χ2v) is 10.7. The number of ether oxygens (including phenoxy) is 2. The van der Waals surface area contributed by atoms with Gasteiger partial charge in [0.2, 0.25) is 11.8 Å². The minimum absolute atomic E-state index is 0.107. The van der Waals surface area contributed by atoms with Gasteiger partial charge in [-0.25, -0.2) is 0 Å². The van der Waals surface area contributed by atoms with Crippen LogP contribution in [0.3, 0.4) is 0 Å². The number of nitrogens with one attached hydrogen (secondary N) is 3. The summed E-state index contributed by atoms with van der Waals surface area (Å²) in [5.74, 6) is -0.584. The molecule has 3 atom stereocenters. The van der Waals surface area contributed by atoms with Gasteiger partial charge < -0.3 is 30.7 Å². The van der Waals surface area contributed by atoms with Crippen molar-refractivity contribution in [3.05, 3.63) is 81.5 Å². The van der Waals surface area contributed by atoms with Crippen molar-refractivity contribution in [3.8, 4) is 11.5 Å². The average molecular weight is 600 g/mol. The van der Waals surface area contributed by atoms with Crippen LogP contribution in [0.4, 0.5) is 8.78 Å². The Morgan fingerprint density at radius 3 is 2.52 bits per heavy atom. The lowest BCUT2D eigenvalue weighted by Gasteiger charge is -2.25. The number of nitrogens with two attached hydrogens (primary N) is 1. The maximum absolute atomic E-state index is 13.2. The molecular weight excluding hydrogens is 568 g/mol. The molecule has 1 aliphatic rings. The number of alkyl halides is 2. The summed E-state index contributed by atoms with van der Waals surface area (Å²) in [6.45, 7) is -0.243. The van der Waals surface area contributed by atoms with E-state index in [1.165, 1.54) is 11.3 Å². The summed E-state index contributed by atoms with van der Waals surface area (Å²) in [6.07, 6.45) is -1.19. The van der Waals surface area contributed by atoms with Crippen molar-refractivity contribution in [1.29, 1.82) is 5.41 Å². The molecular formula is C29H31F2N5O5S. The molecule has 0 saturated carbocycles. The van der Waals surface area contributed by atoms with E-state index in [2.05, 4.69) is 15.4 Å². The highest BCUT2D eigenvalue weighted by Gasteiger charge is 2.41. The van der Waals surface area contributed by atoms with Crippen LogP contribution in [0.5, 0.6) is 11.5 Å². The van der Waals surface area contributed by atoms with E-state index in [0.29, 0.717) is 28.2 Å². The minimum atomic E-state index is -3.07. The van der Waals surface area contributed by atoms with Crippen molar-refractivity contribution in [2.45, 2.75) is 45.1 Å². The monoisotopic (exact) mass is 599 g/mol. The van der Waals surface area contributed by atoms with Crippen LogP contribution in [-0.4, -0.2) is 60.3 Å².